The Kier molecular flexibility index (Phi) is 3.77. The predicted octanol–water partition coefficient (Wildman–Crippen LogP) is 1.39. The van der Waals surface area contributed by atoms with Crippen LogP contribution >= 0.6 is 0 Å². The summed E-state index contributed by atoms with van der Waals surface area (Å²) < 4.78 is 3.52. The van der Waals surface area contributed by atoms with Crippen molar-refractivity contribution in [3.8, 4) is 5.69 Å². The highest BCUT2D eigenvalue weighted by atomic mass is 16.1. The van der Waals surface area contributed by atoms with E-state index in [9.17, 15) is 4.79 Å². The van der Waals surface area contributed by atoms with Gasteiger partial charge in [0.2, 0.25) is 5.91 Å². The summed E-state index contributed by atoms with van der Waals surface area (Å²) in [6.07, 6.45) is 8.65. The Morgan fingerprint density at radius 3 is 2.81 bits per heavy atom. The lowest BCUT2D eigenvalue weighted by molar-refractivity contribution is -0.121. The SMILES string of the molecule is O=C(Cn1ccnc1)NCc1ccccc1-n1cccn1. The molecule has 2 aromatic heterocycles. The number of rotatable bonds is 5. The fourth-order valence-electron chi connectivity index (χ4n) is 2.09. The molecule has 0 aliphatic carbocycles. The number of nitrogens with zero attached hydrogens (tertiary/aromatic N) is 4. The lowest BCUT2D eigenvalue weighted by atomic mass is 10.2. The number of carbonyl (C=O) groups excluding carboxylic acids is 1. The molecule has 0 saturated heterocycles. The number of nitrogens with one attached hydrogen (secondary N) is 1. The van der Waals surface area contributed by atoms with Gasteiger partial charge in [-0.25, -0.2) is 9.67 Å². The van der Waals surface area contributed by atoms with Crippen molar-refractivity contribution in [3.63, 3.8) is 0 Å². The average molecular weight is 281 g/mol. The van der Waals surface area contributed by atoms with Crippen LogP contribution in [0.5, 0.6) is 0 Å². The summed E-state index contributed by atoms with van der Waals surface area (Å²) in [5, 5.41) is 7.14. The molecule has 3 aromatic rings. The van der Waals surface area contributed by atoms with Crippen LogP contribution in [0.3, 0.4) is 0 Å². The highest BCUT2D eigenvalue weighted by molar-refractivity contribution is 5.75. The molecule has 0 spiro atoms. The van der Waals surface area contributed by atoms with Gasteiger partial charge in [0.25, 0.3) is 0 Å². The van der Waals surface area contributed by atoms with E-state index >= 15 is 0 Å². The maximum atomic E-state index is 11.9. The van der Waals surface area contributed by atoms with E-state index in [-0.39, 0.29) is 12.5 Å². The fraction of sp³-hybridized carbons (Fsp3) is 0.133. The van der Waals surface area contributed by atoms with Crippen LogP contribution in [0.1, 0.15) is 5.56 Å². The van der Waals surface area contributed by atoms with Crippen LogP contribution in [-0.2, 0) is 17.9 Å². The van der Waals surface area contributed by atoms with Crippen LogP contribution in [0.2, 0.25) is 0 Å². The largest absolute Gasteiger partial charge is 0.350 e. The van der Waals surface area contributed by atoms with Crippen molar-refractivity contribution in [1.82, 2.24) is 24.6 Å². The molecule has 106 valence electrons. The molecule has 3 rings (SSSR count). The zero-order valence-corrected chi connectivity index (χ0v) is 11.4. The normalized spacial score (nSPS) is 10.5. The van der Waals surface area contributed by atoms with E-state index in [0.29, 0.717) is 6.54 Å². The first-order valence-corrected chi connectivity index (χ1v) is 6.63. The van der Waals surface area contributed by atoms with Crippen LogP contribution in [0.4, 0.5) is 0 Å². The van der Waals surface area contributed by atoms with E-state index in [4.69, 9.17) is 0 Å². The smallest absolute Gasteiger partial charge is 0.240 e. The maximum Gasteiger partial charge on any atom is 0.240 e. The van der Waals surface area contributed by atoms with Gasteiger partial charge >= 0.3 is 0 Å². The minimum Gasteiger partial charge on any atom is -0.350 e. The molecule has 0 saturated carbocycles. The molecule has 21 heavy (non-hydrogen) atoms. The summed E-state index contributed by atoms with van der Waals surface area (Å²) >= 11 is 0. The standard InChI is InChI=1S/C15H15N5O/c21-15(11-19-9-7-16-12-19)17-10-13-4-1-2-5-14(13)20-8-3-6-18-20/h1-9,12H,10-11H2,(H,17,21). The predicted molar refractivity (Wildman–Crippen MR) is 77.6 cm³/mol. The Morgan fingerprint density at radius 2 is 2.05 bits per heavy atom. The van der Waals surface area contributed by atoms with Crippen LogP contribution in [0, 0.1) is 0 Å². The molecular formula is C15H15N5O. The van der Waals surface area contributed by atoms with E-state index in [1.54, 1.807) is 34.2 Å². The van der Waals surface area contributed by atoms with E-state index in [1.165, 1.54) is 0 Å². The van der Waals surface area contributed by atoms with Crippen molar-refractivity contribution in [1.29, 1.82) is 0 Å². The van der Waals surface area contributed by atoms with Crippen molar-refractivity contribution in [2.24, 2.45) is 0 Å². The van der Waals surface area contributed by atoms with Gasteiger partial charge in [0.1, 0.15) is 6.54 Å². The Morgan fingerprint density at radius 1 is 1.14 bits per heavy atom. The van der Waals surface area contributed by atoms with Crippen LogP contribution in [0.25, 0.3) is 5.69 Å². The molecule has 6 heteroatoms. The number of para-hydroxylation sites is 1. The molecule has 1 aromatic carbocycles. The molecule has 0 unspecified atom stereocenters. The maximum absolute atomic E-state index is 11.9. The minimum absolute atomic E-state index is 0.0525. The summed E-state index contributed by atoms with van der Waals surface area (Å²) in [6.45, 7) is 0.730. The Bertz CT molecular complexity index is 704. The molecule has 2 heterocycles. The molecule has 0 aliphatic heterocycles. The first kappa shape index (κ1) is 13.1. The molecule has 0 atom stereocenters. The van der Waals surface area contributed by atoms with Gasteiger partial charge in [-0.05, 0) is 17.7 Å². The second-order valence-electron chi connectivity index (χ2n) is 4.59. The second-order valence-corrected chi connectivity index (χ2v) is 4.59. The topological polar surface area (TPSA) is 64.7 Å². The zero-order valence-electron chi connectivity index (χ0n) is 11.4. The van der Waals surface area contributed by atoms with Gasteiger partial charge in [-0.3, -0.25) is 4.79 Å². The number of carbonyl (C=O) groups is 1. The molecule has 0 bridgehead atoms. The van der Waals surface area contributed by atoms with Crippen molar-refractivity contribution in [2.75, 3.05) is 0 Å². The Hall–Kier alpha value is -2.89. The number of imidazole rings is 1. The number of aromatic nitrogens is 4. The molecular weight excluding hydrogens is 266 g/mol. The number of hydrogen-bond donors (Lipinski definition) is 1. The van der Waals surface area contributed by atoms with E-state index in [1.807, 2.05) is 36.5 Å². The van der Waals surface area contributed by atoms with Gasteiger partial charge in [-0.15, -0.1) is 0 Å². The highest BCUT2D eigenvalue weighted by Gasteiger charge is 2.06. The molecule has 0 fully saturated rings. The van der Waals surface area contributed by atoms with E-state index < -0.39 is 0 Å². The van der Waals surface area contributed by atoms with Gasteiger partial charge in [0.15, 0.2) is 0 Å². The summed E-state index contributed by atoms with van der Waals surface area (Å²) in [4.78, 5) is 15.8. The number of amides is 1. The zero-order chi connectivity index (χ0) is 14.5. The summed E-state index contributed by atoms with van der Waals surface area (Å²) in [7, 11) is 0. The average Bonchev–Trinajstić information content (AvgIpc) is 3.18. The van der Waals surface area contributed by atoms with E-state index in [2.05, 4.69) is 15.4 Å². The molecule has 6 nitrogen and oxygen atoms in total. The Balaban J connectivity index is 1.67. The molecule has 1 N–H and O–H groups in total. The summed E-state index contributed by atoms with van der Waals surface area (Å²) in [5.74, 6) is -0.0525. The summed E-state index contributed by atoms with van der Waals surface area (Å²) in [6, 6.07) is 9.73. The molecule has 1 amide bonds. The lowest BCUT2D eigenvalue weighted by Crippen LogP contribution is -2.27. The van der Waals surface area contributed by atoms with Crippen molar-refractivity contribution in [2.45, 2.75) is 13.1 Å². The van der Waals surface area contributed by atoms with E-state index in [0.717, 1.165) is 11.3 Å². The van der Waals surface area contributed by atoms with Crippen LogP contribution < -0.4 is 5.32 Å². The third-order valence-electron chi connectivity index (χ3n) is 3.10. The fourth-order valence-corrected chi connectivity index (χ4v) is 2.09. The van der Waals surface area contributed by atoms with Crippen LogP contribution in [0.15, 0.2) is 61.4 Å². The third-order valence-corrected chi connectivity index (χ3v) is 3.10. The van der Waals surface area contributed by atoms with Gasteiger partial charge in [-0.2, -0.15) is 5.10 Å². The van der Waals surface area contributed by atoms with Crippen molar-refractivity contribution in [3.05, 3.63) is 67.0 Å². The van der Waals surface area contributed by atoms with Gasteiger partial charge in [0, 0.05) is 31.3 Å². The number of hydrogen-bond acceptors (Lipinski definition) is 3. The van der Waals surface area contributed by atoms with Crippen molar-refractivity contribution < 1.29 is 4.79 Å². The van der Waals surface area contributed by atoms with Gasteiger partial charge < -0.3 is 9.88 Å². The van der Waals surface area contributed by atoms with Gasteiger partial charge in [0.05, 0.1) is 12.0 Å². The van der Waals surface area contributed by atoms with Crippen molar-refractivity contribution >= 4 is 5.91 Å². The monoisotopic (exact) mass is 281 g/mol. The molecule has 0 radical (unpaired) electrons. The number of benzene rings is 1. The quantitative estimate of drug-likeness (QED) is 0.768. The third kappa shape index (κ3) is 3.17. The second kappa shape index (κ2) is 6.04. The molecule has 0 aliphatic rings. The van der Waals surface area contributed by atoms with Gasteiger partial charge in [-0.1, -0.05) is 18.2 Å². The highest BCUT2D eigenvalue weighted by Crippen LogP contribution is 2.12. The Labute approximate surface area is 122 Å². The first-order valence-electron chi connectivity index (χ1n) is 6.63. The summed E-state index contributed by atoms with van der Waals surface area (Å²) in [5.41, 5.74) is 1.98. The lowest BCUT2D eigenvalue weighted by Gasteiger charge is -2.11. The minimum atomic E-state index is -0.0525. The van der Waals surface area contributed by atoms with Crippen LogP contribution in [-0.4, -0.2) is 25.2 Å². The first-order chi connectivity index (χ1) is 10.3.